The van der Waals surface area contributed by atoms with Gasteiger partial charge in [-0.1, -0.05) is 13.0 Å². The van der Waals surface area contributed by atoms with E-state index in [0.29, 0.717) is 6.54 Å². The number of nitrogens with zero attached hydrogens (tertiary/aromatic N) is 2. The predicted octanol–water partition coefficient (Wildman–Crippen LogP) is 3.72. The van der Waals surface area contributed by atoms with Crippen LogP contribution in [0.4, 0.5) is 5.82 Å². The van der Waals surface area contributed by atoms with E-state index >= 15 is 0 Å². The Morgan fingerprint density at radius 2 is 2.17 bits per heavy atom. The minimum Gasteiger partial charge on any atom is -0.363 e. The van der Waals surface area contributed by atoms with Gasteiger partial charge < -0.3 is 5.32 Å². The summed E-state index contributed by atoms with van der Waals surface area (Å²) in [5.74, 6) is 0.855. The van der Waals surface area contributed by atoms with E-state index in [-0.39, 0.29) is 0 Å². The van der Waals surface area contributed by atoms with Gasteiger partial charge in [0.05, 0.1) is 16.7 Å². The molecule has 3 nitrogen and oxygen atoms in total. The number of aromatic nitrogens is 2. The van der Waals surface area contributed by atoms with Gasteiger partial charge in [-0.05, 0) is 52.5 Å². The molecular formula is C14H16BrN3. The topological polar surface area (TPSA) is 37.8 Å². The molecule has 0 spiro atoms. The Morgan fingerprint density at radius 1 is 1.33 bits per heavy atom. The van der Waals surface area contributed by atoms with Gasteiger partial charge in [0, 0.05) is 12.4 Å². The highest BCUT2D eigenvalue weighted by Crippen LogP contribution is 2.21. The SMILES string of the molecule is CCc1cccnc1CNc1ncc(C)cc1Br. The van der Waals surface area contributed by atoms with Crippen molar-refractivity contribution in [1.29, 1.82) is 0 Å². The average Bonchev–Trinajstić information content (AvgIpc) is 2.38. The van der Waals surface area contributed by atoms with Gasteiger partial charge in [-0.25, -0.2) is 4.98 Å². The van der Waals surface area contributed by atoms with E-state index in [1.165, 1.54) is 5.56 Å². The Kier molecular flexibility index (Phi) is 4.31. The molecule has 4 heteroatoms. The van der Waals surface area contributed by atoms with Crippen molar-refractivity contribution in [3.63, 3.8) is 0 Å². The lowest BCUT2D eigenvalue weighted by Crippen LogP contribution is -2.06. The van der Waals surface area contributed by atoms with Crippen LogP contribution in [0.2, 0.25) is 0 Å². The molecule has 2 aromatic rings. The number of rotatable bonds is 4. The van der Waals surface area contributed by atoms with Crippen molar-refractivity contribution in [2.24, 2.45) is 0 Å². The van der Waals surface area contributed by atoms with Gasteiger partial charge in [-0.3, -0.25) is 4.98 Å². The van der Waals surface area contributed by atoms with Gasteiger partial charge in [0.25, 0.3) is 0 Å². The van der Waals surface area contributed by atoms with Crippen molar-refractivity contribution in [1.82, 2.24) is 9.97 Å². The monoisotopic (exact) mass is 305 g/mol. The molecule has 0 aromatic carbocycles. The first-order valence-corrected chi connectivity index (χ1v) is 6.78. The molecule has 18 heavy (non-hydrogen) atoms. The lowest BCUT2D eigenvalue weighted by Gasteiger charge is -2.10. The fourth-order valence-corrected chi connectivity index (χ4v) is 2.39. The van der Waals surface area contributed by atoms with E-state index in [4.69, 9.17) is 0 Å². The zero-order valence-electron chi connectivity index (χ0n) is 10.6. The van der Waals surface area contributed by atoms with Gasteiger partial charge in [0.1, 0.15) is 5.82 Å². The fourth-order valence-electron chi connectivity index (χ4n) is 1.78. The van der Waals surface area contributed by atoms with Gasteiger partial charge in [0.15, 0.2) is 0 Å². The number of hydrogen-bond acceptors (Lipinski definition) is 3. The molecule has 0 amide bonds. The van der Waals surface area contributed by atoms with Gasteiger partial charge in [-0.2, -0.15) is 0 Å². The maximum atomic E-state index is 4.41. The highest BCUT2D eigenvalue weighted by atomic mass is 79.9. The number of pyridine rings is 2. The van der Waals surface area contributed by atoms with Crippen molar-refractivity contribution in [3.8, 4) is 0 Å². The predicted molar refractivity (Wildman–Crippen MR) is 77.6 cm³/mol. The Balaban J connectivity index is 2.11. The summed E-state index contributed by atoms with van der Waals surface area (Å²) >= 11 is 3.51. The van der Waals surface area contributed by atoms with Crippen molar-refractivity contribution in [2.75, 3.05) is 5.32 Å². The summed E-state index contributed by atoms with van der Waals surface area (Å²) in [7, 11) is 0. The first-order chi connectivity index (χ1) is 8.70. The molecule has 0 unspecified atom stereocenters. The summed E-state index contributed by atoms with van der Waals surface area (Å²) in [6, 6.07) is 6.14. The molecule has 0 radical (unpaired) electrons. The number of halogens is 1. The molecule has 2 aromatic heterocycles. The summed E-state index contributed by atoms with van der Waals surface area (Å²) in [6.07, 6.45) is 4.67. The Morgan fingerprint density at radius 3 is 2.89 bits per heavy atom. The maximum Gasteiger partial charge on any atom is 0.140 e. The fraction of sp³-hybridized carbons (Fsp3) is 0.286. The maximum absolute atomic E-state index is 4.41. The molecule has 0 atom stereocenters. The molecule has 0 bridgehead atoms. The van der Waals surface area contributed by atoms with E-state index < -0.39 is 0 Å². The lowest BCUT2D eigenvalue weighted by atomic mass is 10.1. The second-order valence-corrected chi connectivity index (χ2v) is 5.01. The number of hydrogen-bond donors (Lipinski definition) is 1. The van der Waals surface area contributed by atoms with Crippen LogP contribution in [-0.2, 0) is 13.0 Å². The minimum absolute atomic E-state index is 0.693. The largest absolute Gasteiger partial charge is 0.363 e. The van der Waals surface area contributed by atoms with Gasteiger partial charge >= 0.3 is 0 Å². The van der Waals surface area contributed by atoms with E-state index in [9.17, 15) is 0 Å². The number of aryl methyl sites for hydroxylation is 2. The molecule has 1 N–H and O–H groups in total. The van der Waals surface area contributed by atoms with Crippen LogP contribution >= 0.6 is 15.9 Å². The van der Waals surface area contributed by atoms with Gasteiger partial charge in [-0.15, -0.1) is 0 Å². The van der Waals surface area contributed by atoms with Crippen LogP contribution in [0.15, 0.2) is 35.1 Å². The van der Waals surface area contributed by atoms with Crippen LogP contribution < -0.4 is 5.32 Å². The third kappa shape index (κ3) is 3.07. The molecule has 0 aliphatic heterocycles. The normalized spacial score (nSPS) is 10.4. The zero-order chi connectivity index (χ0) is 13.0. The smallest absolute Gasteiger partial charge is 0.140 e. The molecule has 0 saturated carbocycles. The Hall–Kier alpha value is -1.42. The average molecular weight is 306 g/mol. The minimum atomic E-state index is 0.693. The zero-order valence-corrected chi connectivity index (χ0v) is 12.2. The Bertz CT molecular complexity index is 540. The third-order valence-electron chi connectivity index (χ3n) is 2.77. The third-order valence-corrected chi connectivity index (χ3v) is 3.37. The molecular weight excluding hydrogens is 290 g/mol. The van der Waals surface area contributed by atoms with Crippen LogP contribution in [0.25, 0.3) is 0 Å². The molecule has 0 fully saturated rings. The van der Waals surface area contributed by atoms with E-state index in [0.717, 1.165) is 28.0 Å². The van der Waals surface area contributed by atoms with Crippen LogP contribution in [0, 0.1) is 6.92 Å². The Labute approximate surface area is 116 Å². The van der Waals surface area contributed by atoms with Crippen molar-refractivity contribution in [2.45, 2.75) is 26.8 Å². The van der Waals surface area contributed by atoms with E-state index in [2.05, 4.69) is 50.3 Å². The van der Waals surface area contributed by atoms with Gasteiger partial charge in [0.2, 0.25) is 0 Å². The highest BCUT2D eigenvalue weighted by Gasteiger charge is 2.04. The lowest BCUT2D eigenvalue weighted by molar-refractivity contribution is 0.962. The number of nitrogens with one attached hydrogen (secondary N) is 1. The standard InChI is InChI=1S/C14H16BrN3/c1-3-11-5-4-6-16-13(11)9-18-14-12(15)7-10(2)8-17-14/h4-8H,3,9H2,1-2H3,(H,17,18). The second kappa shape index (κ2) is 5.96. The molecule has 0 saturated heterocycles. The molecule has 94 valence electrons. The second-order valence-electron chi connectivity index (χ2n) is 4.16. The summed E-state index contributed by atoms with van der Waals surface area (Å²) in [4.78, 5) is 8.77. The van der Waals surface area contributed by atoms with Crippen molar-refractivity contribution < 1.29 is 0 Å². The first-order valence-electron chi connectivity index (χ1n) is 5.99. The van der Waals surface area contributed by atoms with Crippen LogP contribution in [-0.4, -0.2) is 9.97 Å². The van der Waals surface area contributed by atoms with Crippen LogP contribution in [0.5, 0.6) is 0 Å². The summed E-state index contributed by atoms with van der Waals surface area (Å²) in [5, 5.41) is 3.31. The molecule has 2 heterocycles. The van der Waals surface area contributed by atoms with Crippen LogP contribution in [0.3, 0.4) is 0 Å². The van der Waals surface area contributed by atoms with Crippen LogP contribution in [0.1, 0.15) is 23.7 Å². The molecule has 2 rings (SSSR count). The van der Waals surface area contributed by atoms with Crippen molar-refractivity contribution >= 4 is 21.7 Å². The summed E-state index contributed by atoms with van der Waals surface area (Å²) in [5.41, 5.74) is 3.49. The highest BCUT2D eigenvalue weighted by molar-refractivity contribution is 9.10. The molecule has 0 aliphatic carbocycles. The summed E-state index contributed by atoms with van der Waals surface area (Å²) in [6.45, 7) is 4.86. The van der Waals surface area contributed by atoms with E-state index in [1.54, 1.807) is 0 Å². The summed E-state index contributed by atoms with van der Waals surface area (Å²) < 4.78 is 0.983. The van der Waals surface area contributed by atoms with Crippen molar-refractivity contribution in [3.05, 3.63) is 51.9 Å². The molecule has 0 aliphatic rings. The van der Waals surface area contributed by atoms with E-state index in [1.807, 2.05) is 25.4 Å². The first kappa shape index (κ1) is 13.0. The number of anilines is 1. The quantitative estimate of drug-likeness (QED) is 0.935.